The lowest BCUT2D eigenvalue weighted by Crippen LogP contribution is -2.29. The Morgan fingerprint density at radius 2 is 1.81 bits per heavy atom. The number of aromatic nitrogens is 3. The molecule has 0 unspecified atom stereocenters. The van der Waals surface area contributed by atoms with Crippen LogP contribution in [0.25, 0.3) is 0 Å². The molecule has 0 radical (unpaired) electrons. The zero-order valence-corrected chi connectivity index (χ0v) is 12.0. The highest BCUT2D eigenvalue weighted by atomic mass is 19.1. The summed E-state index contributed by atoms with van der Waals surface area (Å²) in [5.74, 6) is 1.14. The van der Waals surface area contributed by atoms with E-state index < -0.39 is 5.82 Å². The van der Waals surface area contributed by atoms with Crippen LogP contribution in [0.2, 0.25) is 0 Å². The number of nitrogens with zero attached hydrogens (tertiary/aromatic N) is 4. The predicted molar refractivity (Wildman–Crippen MR) is 79.0 cm³/mol. The highest BCUT2D eigenvalue weighted by Gasteiger charge is 2.18. The summed E-state index contributed by atoms with van der Waals surface area (Å²) < 4.78 is 12.7. The lowest BCUT2D eigenvalue weighted by atomic mass is 9.91. The Morgan fingerprint density at radius 3 is 2.43 bits per heavy atom. The second kappa shape index (κ2) is 6.13. The van der Waals surface area contributed by atoms with Gasteiger partial charge in [0.2, 0.25) is 5.95 Å². The first-order valence-electron chi connectivity index (χ1n) is 7.10. The molecule has 0 spiro atoms. The van der Waals surface area contributed by atoms with Crippen molar-refractivity contribution in [2.24, 2.45) is 0 Å². The Hall–Kier alpha value is -2.08. The quantitative estimate of drug-likeness (QED) is 0.940. The highest BCUT2D eigenvalue weighted by molar-refractivity contribution is 5.47. The van der Waals surface area contributed by atoms with E-state index >= 15 is 0 Å². The average molecular weight is 287 g/mol. The van der Waals surface area contributed by atoms with Crippen LogP contribution in [-0.2, 0) is 0 Å². The van der Waals surface area contributed by atoms with Gasteiger partial charge in [-0.2, -0.15) is 0 Å². The van der Waals surface area contributed by atoms with Gasteiger partial charge in [0.15, 0.2) is 5.82 Å². The minimum atomic E-state index is -0.453. The van der Waals surface area contributed by atoms with Crippen molar-refractivity contribution in [1.82, 2.24) is 19.9 Å². The number of nitrogens with one attached hydrogen (secondary N) is 1. The van der Waals surface area contributed by atoms with Gasteiger partial charge in [0, 0.05) is 6.20 Å². The van der Waals surface area contributed by atoms with Crippen molar-refractivity contribution < 1.29 is 4.39 Å². The van der Waals surface area contributed by atoms with E-state index in [2.05, 4.69) is 38.3 Å². The van der Waals surface area contributed by atoms with Gasteiger partial charge in [-0.25, -0.2) is 19.3 Å². The monoisotopic (exact) mass is 287 g/mol. The van der Waals surface area contributed by atoms with Crippen molar-refractivity contribution in [3.05, 3.63) is 42.1 Å². The van der Waals surface area contributed by atoms with E-state index in [1.165, 1.54) is 18.4 Å². The molecular weight excluding hydrogens is 269 g/mol. The van der Waals surface area contributed by atoms with Crippen molar-refractivity contribution in [1.29, 1.82) is 0 Å². The summed E-state index contributed by atoms with van der Waals surface area (Å²) >= 11 is 0. The number of hydrogen-bond acceptors (Lipinski definition) is 5. The number of rotatable bonds is 3. The molecule has 1 aliphatic rings. The normalized spacial score (nSPS) is 16.9. The fourth-order valence-corrected chi connectivity index (χ4v) is 2.55. The van der Waals surface area contributed by atoms with Crippen LogP contribution >= 0.6 is 0 Å². The van der Waals surface area contributed by atoms with Crippen molar-refractivity contribution >= 4 is 11.8 Å². The number of halogens is 1. The van der Waals surface area contributed by atoms with Gasteiger partial charge in [-0.15, -0.1) is 0 Å². The van der Waals surface area contributed by atoms with Gasteiger partial charge in [0.25, 0.3) is 0 Å². The molecule has 2 aromatic rings. The summed E-state index contributed by atoms with van der Waals surface area (Å²) in [6.45, 7) is 2.27. The smallest absolute Gasteiger partial charge is 0.228 e. The van der Waals surface area contributed by atoms with Gasteiger partial charge < -0.3 is 10.2 Å². The molecule has 0 amide bonds. The maximum Gasteiger partial charge on any atom is 0.228 e. The molecule has 0 aliphatic carbocycles. The molecular formula is C15H18FN5. The molecule has 6 heteroatoms. The Morgan fingerprint density at radius 1 is 1.10 bits per heavy atom. The second-order valence-corrected chi connectivity index (χ2v) is 5.40. The molecule has 0 bridgehead atoms. The van der Waals surface area contributed by atoms with E-state index in [9.17, 15) is 4.39 Å². The fourth-order valence-electron chi connectivity index (χ4n) is 2.55. The summed E-state index contributed by atoms with van der Waals surface area (Å²) in [7, 11) is 2.16. The van der Waals surface area contributed by atoms with Crippen molar-refractivity contribution in [3.63, 3.8) is 0 Å². The third-order valence-electron chi connectivity index (χ3n) is 3.84. The van der Waals surface area contributed by atoms with Gasteiger partial charge in [-0.1, -0.05) is 6.07 Å². The Kier molecular flexibility index (Phi) is 4.06. The van der Waals surface area contributed by atoms with Crippen molar-refractivity contribution in [2.45, 2.75) is 18.8 Å². The van der Waals surface area contributed by atoms with Crippen molar-refractivity contribution in [2.75, 3.05) is 25.5 Å². The van der Waals surface area contributed by atoms with Crippen LogP contribution in [0.1, 0.15) is 24.3 Å². The summed E-state index contributed by atoms with van der Waals surface area (Å²) in [5, 5.41) is 2.96. The molecule has 1 fully saturated rings. The maximum absolute atomic E-state index is 12.7. The molecule has 1 saturated heterocycles. The number of likely N-dealkylation sites (tertiary alicyclic amines) is 1. The molecule has 1 aliphatic heterocycles. The number of pyridine rings is 1. The second-order valence-electron chi connectivity index (χ2n) is 5.40. The van der Waals surface area contributed by atoms with Crippen LogP contribution in [0.5, 0.6) is 0 Å². The Balaban J connectivity index is 1.65. The Bertz CT molecular complexity index is 576. The van der Waals surface area contributed by atoms with E-state index in [-0.39, 0.29) is 0 Å². The molecule has 3 heterocycles. The largest absolute Gasteiger partial charge is 0.309 e. The zero-order valence-electron chi connectivity index (χ0n) is 12.0. The first-order valence-corrected chi connectivity index (χ1v) is 7.10. The SMILES string of the molecule is CN1CCC(c2ccc(Nc3ncc(F)cn3)nc2)CC1. The van der Waals surface area contributed by atoms with Crippen molar-refractivity contribution in [3.8, 4) is 0 Å². The van der Waals surface area contributed by atoms with Gasteiger partial charge in [0.1, 0.15) is 5.82 Å². The first-order chi connectivity index (χ1) is 10.2. The maximum atomic E-state index is 12.7. The summed E-state index contributed by atoms with van der Waals surface area (Å²) in [4.78, 5) is 14.4. The predicted octanol–water partition coefficient (Wildman–Crippen LogP) is 2.56. The molecule has 2 aromatic heterocycles. The minimum absolute atomic E-state index is 0.343. The number of hydrogen-bond donors (Lipinski definition) is 1. The van der Waals surface area contributed by atoms with Gasteiger partial charge in [-0.3, -0.25) is 0 Å². The summed E-state index contributed by atoms with van der Waals surface area (Å²) in [5.41, 5.74) is 1.27. The van der Waals surface area contributed by atoms with E-state index in [0.29, 0.717) is 17.7 Å². The van der Waals surface area contributed by atoms with E-state index in [1.54, 1.807) is 0 Å². The lowest BCUT2D eigenvalue weighted by molar-refractivity contribution is 0.255. The zero-order chi connectivity index (χ0) is 14.7. The third-order valence-corrected chi connectivity index (χ3v) is 3.84. The fraction of sp³-hybridized carbons (Fsp3) is 0.400. The molecule has 5 nitrogen and oxygen atoms in total. The van der Waals surface area contributed by atoms with E-state index in [0.717, 1.165) is 25.5 Å². The standard InChI is InChI=1S/C15H18FN5/c1-21-6-4-11(5-7-21)12-2-3-14(17-8-12)20-15-18-9-13(16)10-19-15/h2-3,8-11H,4-7H2,1H3,(H,17,18,19,20). The van der Waals surface area contributed by atoms with Gasteiger partial charge >= 0.3 is 0 Å². The van der Waals surface area contributed by atoms with Crippen LogP contribution in [-0.4, -0.2) is 40.0 Å². The molecule has 21 heavy (non-hydrogen) atoms. The average Bonchev–Trinajstić information content (AvgIpc) is 2.51. The first kappa shape index (κ1) is 13.9. The molecule has 0 atom stereocenters. The lowest BCUT2D eigenvalue weighted by Gasteiger charge is -2.29. The van der Waals surface area contributed by atoms with E-state index in [1.807, 2.05) is 12.3 Å². The summed E-state index contributed by atoms with van der Waals surface area (Å²) in [6.07, 6.45) is 6.50. The molecule has 0 saturated carbocycles. The molecule has 1 N–H and O–H groups in total. The summed E-state index contributed by atoms with van der Waals surface area (Å²) in [6, 6.07) is 4.01. The third kappa shape index (κ3) is 3.52. The molecule has 110 valence electrons. The number of anilines is 2. The van der Waals surface area contributed by atoms with Crippen LogP contribution in [0.4, 0.5) is 16.2 Å². The highest BCUT2D eigenvalue weighted by Crippen LogP contribution is 2.27. The van der Waals surface area contributed by atoms with Gasteiger partial charge in [-0.05, 0) is 50.5 Å². The van der Waals surface area contributed by atoms with Gasteiger partial charge in [0.05, 0.1) is 12.4 Å². The number of piperidine rings is 1. The Labute approximate surface area is 123 Å². The molecule has 3 rings (SSSR count). The topological polar surface area (TPSA) is 53.9 Å². The van der Waals surface area contributed by atoms with Crippen LogP contribution in [0, 0.1) is 5.82 Å². The van der Waals surface area contributed by atoms with Crippen LogP contribution in [0.15, 0.2) is 30.7 Å². The van der Waals surface area contributed by atoms with E-state index in [4.69, 9.17) is 0 Å². The molecule has 0 aromatic carbocycles. The minimum Gasteiger partial charge on any atom is -0.309 e. The van der Waals surface area contributed by atoms with Crippen LogP contribution < -0.4 is 5.32 Å². The van der Waals surface area contributed by atoms with Crippen LogP contribution in [0.3, 0.4) is 0 Å².